The summed E-state index contributed by atoms with van der Waals surface area (Å²) in [6.45, 7) is 3.66. The van der Waals surface area contributed by atoms with Crippen LogP contribution < -0.4 is 16.6 Å². The van der Waals surface area contributed by atoms with E-state index in [0.717, 1.165) is 5.69 Å². The Labute approximate surface area is 111 Å². The molecule has 0 saturated carbocycles. The van der Waals surface area contributed by atoms with Crippen LogP contribution in [0.4, 0.5) is 11.5 Å². The average Bonchev–Trinajstić information content (AvgIpc) is 2.38. The molecule has 0 saturated heterocycles. The van der Waals surface area contributed by atoms with Gasteiger partial charge in [0.05, 0.1) is 0 Å². The average molecular weight is 257 g/mol. The number of pyridine rings is 2. The first-order valence-corrected chi connectivity index (χ1v) is 5.78. The lowest BCUT2D eigenvalue weighted by Gasteiger charge is -2.08. The van der Waals surface area contributed by atoms with Crippen LogP contribution in [0, 0.1) is 13.8 Å². The van der Waals surface area contributed by atoms with Crippen LogP contribution in [0.25, 0.3) is 0 Å². The molecule has 0 aliphatic rings. The van der Waals surface area contributed by atoms with E-state index in [9.17, 15) is 4.79 Å². The van der Waals surface area contributed by atoms with Gasteiger partial charge in [0.2, 0.25) is 0 Å². The van der Waals surface area contributed by atoms with Gasteiger partial charge in [-0.25, -0.2) is 10.8 Å². The number of nitrogens with zero attached hydrogens (tertiary/aromatic N) is 2. The van der Waals surface area contributed by atoms with Crippen molar-refractivity contribution in [1.82, 2.24) is 9.97 Å². The maximum Gasteiger partial charge on any atom is 0.255 e. The van der Waals surface area contributed by atoms with Crippen LogP contribution in [0.1, 0.15) is 21.7 Å². The normalized spacial score (nSPS) is 10.1. The van der Waals surface area contributed by atoms with Gasteiger partial charge >= 0.3 is 0 Å². The number of rotatable bonds is 3. The number of aryl methyl sites for hydroxylation is 2. The molecule has 2 aromatic rings. The first-order valence-electron chi connectivity index (χ1n) is 5.78. The SMILES string of the molecule is Cc1cc(NC(=O)c2cc(C)nc(NN)c2)ccn1. The molecule has 0 radical (unpaired) electrons. The Morgan fingerprint density at radius 3 is 2.68 bits per heavy atom. The van der Waals surface area contributed by atoms with E-state index in [1.807, 2.05) is 6.92 Å². The number of nitrogens with one attached hydrogen (secondary N) is 2. The minimum atomic E-state index is -0.215. The van der Waals surface area contributed by atoms with Gasteiger partial charge in [0, 0.05) is 28.8 Å². The summed E-state index contributed by atoms with van der Waals surface area (Å²) in [6.07, 6.45) is 1.65. The summed E-state index contributed by atoms with van der Waals surface area (Å²) >= 11 is 0. The number of hydrazine groups is 1. The summed E-state index contributed by atoms with van der Waals surface area (Å²) in [5.74, 6) is 5.55. The Bertz CT molecular complexity index is 612. The molecule has 1 amide bonds. The number of amides is 1. The van der Waals surface area contributed by atoms with E-state index < -0.39 is 0 Å². The minimum Gasteiger partial charge on any atom is -0.322 e. The summed E-state index contributed by atoms with van der Waals surface area (Å²) in [5, 5.41) is 2.80. The van der Waals surface area contributed by atoms with Gasteiger partial charge in [0.25, 0.3) is 5.91 Å². The Morgan fingerprint density at radius 1 is 1.21 bits per heavy atom. The summed E-state index contributed by atoms with van der Waals surface area (Å²) in [5.41, 5.74) is 5.19. The van der Waals surface area contributed by atoms with E-state index in [-0.39, 0.29) is 5.91 Å². The molecular weight excluding hydrogens is 242 g/mol. The maximum atomic E-state index is 12.1. The van der Waals surface area contributed by atoms with Gasteiger partial charge in [-0.1, -0.05) is 0 Å². The molecule has 0 fully saturated rings. The van der Waals surface area contributed by atoms with Crippen molar-refractivity contribution in [3.63, 3.8) is 0 Å². The zero-order valence-corrected chi connectivity index (χ0v) is 10.8. The van der Waals surface area contributed by atoms with Gasteiger partial charge in [0.15, 0.2) is 0 Å². The fraction of sp³-hybridized carbons (Fsp3) is 0.154. The van der Waals surface area contributed by atoms with Crippen molar-refractivity contribution in [2.45, 2.75) is 13.8 Å². The maximum absolute atomic E-state index is 12.1. The monoisotopic (exact) mass is 257 g/mol. The number of hydrogen-bond acceptors (Lipinski definition) is 5. The lowest BCUT2D eigenvalue weighted by atomic mass is 10.2. The Morgan fingerprint density at radius 2 is 2.00 bits per heavy atom. The van der Waals surface area contributed by atoms with E-state index in [4.69, 9.17) is 5.84 Å². The molecule has 0 bridgehead atoms. The zero-order chi connectivity index (χ0) is 13.8. The molecule has 6 heteroatoms. The molecule has 0 atom stereocenters. The molecule has 2 aromatic heterocycles. The van der Waals surface area contributed by atoms with Gasteiger partial charge in [-0.15, -0.1) is 0 Å². The van der Waals surface area contributed by atoms with Crippen molar-refractivity contribution >= 4 is 17.4 Å². The smallest absolute Gasteiger partial charge is 0.255 e. The van der Waals surface area contributed by atoms with E-state index in [2.05, 4.69) is 20.7 Å². The number of hydrogen-bond donors (Lipinski definition) is 3. The number of nitrogen functional groups attached to an aromatic ring is 1. The lowest BCUT2D eigenvalue weighted by molar-refractivity contribution is 0.102. The van der Waals surface area contributed by atoms with Crippen LogP contribution in [0.5, 0.6) is 0 Å². The largest absolute Gasteiger partial charge is 0.322 e. The third-order valence-electron chi connectivity index (χ3n) is 2.52. The van der Waals surface area contributed by atoms with Crippen LogP contribution in [0.2, 0.25) is 0 Å². The van der Waals surface area contributed by atoms with Gasteiger partial charge in [-0.05, 0) is 38.1 Å². The fourth-order valence-corrected chi connectivity index (χ4v) is 1.70. The Hall–Kier alpha value is -2.47. The highest BCUT2D eigenvalue weighted by atomic mass is 16.1. The summed E-state index contributed by atoms with van der Waals surface area (Å²) in [7, 11) is 0. The van der Waals surface area contributed by atoms with Gasteiger partial charge < -0.3 is 10.7 Å². The highest BCUT2D eigenvalue weighted by Crippen LogP contribution is 2.13. The van der Waals surface area contributed by atoms with Crippen molar-refractivity contribution in [2.24, 2.45) is 5.84 Å². The van der Waals surface area contributed by atoms with Gasteiger partial charge in [-0.3, -0.25) is 9.78 Å². The standard InChI is InChI=1S/C13H15N5O/c1-8-6-11(3-4-15-8)17-13(19)10-5-9(2)16-12(7-10)18-14/h3-7H,14H2,1-2H3,(H,16,18)(H,15,17,19). The second-order valence-corrected chi connectivity index (χ2v) is 4.17. The second kappa shape index (κ2) is 5.45. The molecule has 19 heavy (non-hydrogen) atoms. The van der Waals surface area contributed by atoms with Crippen molar-refractivity contribution < 1.29 is 4.79 Å². The second-order valence-electron chi connectivity index (χ2n) is 4.17. The molecule has 6 nitrogen and oxygen atoms in total. The third-order valence-corrected chi connectivity index (χ3v) is 2.52. The van der Waals surface area contributed by atoms with Crippen LogP contribution in [-0.2, 0) is 0 Å². The molecule has 4 N–H and O–H groups in total. The predicted octanol–water partition coefficient (Wildman–Crippen LogP) is 1.63. The van der Waals surface area contributed by atoms with Crippen molar-refractivity contribution in [3.05, 3.63) is 47.4 Å². The predicted molar refractivity (Wildman–Crippen MR) is 73.7 cm³/mol. The van der Waals surface area contributed by atoms with Crippen molar-refractivity contribution in [1.29, 1.82) is 0 Å². The lowest BCUT2D eigenvalue weighted by Crippen LogP contribution is -2.15. The minimum absolute atomic E-state index is 0.215. The number of nitrogens with two attached hydrogens (primary N) is 1. The molecule has 0 unspecified atom stereocenters. The number of carbonyl (C=O) groups is 1. The molecule has 2 heterocycles. The summed E-state index contributed by atoms with van der Waals surface area (Å²) in [4.78, 5) is 20.3. The Balaban J connectivity index is 2.22. The third kappa shape index (κ3) is 3.26. The first kappa shape index (κ1) is 13.0. The number of aromatic nitrogens is 2. The molecule has 98 valence electrons. The van der Waals surface area contributed by atoms with E-state index >= 15 is 0 Å². The topological polar surface area (TPSA) is 92.9 Å². The number of anilines is 2. The van der Waals surface area contributed by atoms with E-state index in [1.165, 1.54) is 0 Å². The summed E-state index contributed by atoms with van der Waals surface area (Å²) < 4.78 is 0. The fourth-order valence-electron chi connectivity index (χ4n) is 1.70. The van der Waals surface area contributed by atoms with E-state index in [1.54, 1.807) is 37.4 Å². The quantitative estimate of drug-likeness (QED) is 0.574. The van der Waals surface area contributed by atoms with Crippen molar-refractivity contribution in [2.75, 3.05) is 10.7 Å². The van der Waals surface area contributed by atoms with Gasteiger partial charge in [0.1, 0.15) is 5.82 Å². The molecule has 0 aliphatic carbocycles. The number of carbonyl (C=O) groups excluding carboxylic acids is 1. The molecular formula is C13H15N5O. The Kier molecular flexibility index (Phi) is 3.72. The molecule has 0 aromatic carbocycles. The highest BCUT2D eigenvalue weighted by Gasteiger charge is 2.09. The van der Waals surface area contributed by atoms with Crippen LogP contribution in [0.3, 0.4) is 0 Å². The van der Waals surface area contributed by atoms with Crippen LogP contribution in [0.15, 0.2) is 30.5 Å². The molecule has 0 aliphatic heterocycles. The zero-order valence-electron chi connectivity index (χ0n) is 10.8. The first-order chi connectivity index (χ1) is 9.08. The molecule has 0 spiro atoms. The van der Waals surface area contributed by atoms with Crippen LogP contribution >= 0.6 is 0 Å². The van der Waals surface area contributed by atoms with Gasteiger partial charge in [-0.2, -0.15) is 0 Å². The van der Waals surface area contributed by atoms with E-state index in [0.29, 0.717) is 22.8 Å². The van der Waals surface area contributed by atoms with Crippen molar-refractivity contribution in [3.8, 4) is 0 Å². The van der Waals surface area contributed by atoms with Crippen LogP contribution in [-0.4, -0.2) is 15.9 Å². The highest BCUT2D eigenvalue weighted by molar-refractivity contribution is 6.04. The molecule has 2 rings (SSSR count). The summed E-state index contributed by atoms with van der Waals surface area (Å²) in [6, 6.07) is 6.83.